The summed E-state index contributed by atoms with van der Waals surface area (Å²) in [5, 5.41) is 6.37. The fourth-order valence-corrected chi connectivity index (χ4v) is 3.64. The molecule has 14 heteroatoms. The van der Waals surface area contributed by atoms with E-state index in [1.54, 1.807) is 23.5 Å². The Morgan fingerprint density at radius 1 is 1.33 bits per heavy atom. The lowest BCUT2D eigenvalue weighted by molar-refractivity contribution is 0.0952. The number of carbonyl (C=O) groups is 1. The first-order chi connectivity index (χ1) is 15.5. The van der Waals surface area contributed by atoms with E-state index < -0.39 is 29.0 Å². The third kappa shape index (κ3) is 4.99. The maximum absolute atomic E-state index is 15.2. The van der Waals surface area contributed by atoms with E-state index >= 15 is 4.39 Å². The zero-order valence-corrected chi connectivity index (χ0v) is 18.9. The highest BCUT2D eigenvalue weighted by molar-refractivity contribution is 6.60. The fourth-order valence-electron chi connectivity index (χ4n) is 3.46. The average molecular weight is 476 g/mol. The molecule has 1 N–H and O–H groups in total. The highest BCUT2D eigenvalue weighted by Gasteiger charge is 2.26. The number of nitrogens with one attached hydrogen (secondary N) is 1. The Hall–Kier alpha value is -2.66. The van der Waals surface area contributed by atoms with Crippen molar-refractivity contribution >= 4 is 46.7 Å². The van der Waals surface area contributed by atoms with E-state index in [0.717, 1.165) is 6.07 Å². The molecule has 0 radical (unpaired) electrons. The first-order valence-electron chi connectivity index (χ1n) is 10.3. The number of carbonyl (C=O) groups excluding carboxylic acids is 1. The van der Waals surface area contributed by atoms with Crippen molar-refractivity contribution in [2.24, 2.45) is 0 Å². The number of halogens is 4. The molecule has 1 fully saturated rings. The monoisotopic (exact) mass is 476 g/mol. The molecule has 0 spiro atoms. The highest BCUT2D eigenvalue weighted by Crippen LogP contribution is 2.35. The summed E-state index contributed by atoms with van der Waals surface area (Å²) < 4.78 is 54.8. The maximum atomic E-state index is 15.2. The third-order valence-corrected chi connectivity index (χ3v) is 5.22. The molecule has 1 aliphatic rings. The molecule has 1 aliphatic heterocycles. The molecule has 170 valence electrons. The molecule has 4 rings (SSSR count). The van der Waals surface area contributed by atoms with Gasteiger partial charge in [-0.25, -0.2) is 17.7 Å². The van der Waals surface area contributed by atoms with Gasteiger partial charge in [-0.05, 0) is 17.4 Å². The van der Waals surface area contributed by atoms with Crippen molar-refractivity contribution < 1.29 is 27.4 Å². The summed E-state index contributed by atoms with van der Waals surface area (Å²) in [7, 11) is 5.25. The first kappa shape index (κ1) is 23.5. The number of fused-ring (bicyclic) bond motifs is 1. The van der Waals surface area contributed by atoms with Crippen LogP contribution in [0.5, 0.6) is 5.88 Å². The second-order valence-corrected chi connectivity index (χ2v) is 9.16. The van der Waals surface area contributed by atoms with Crippen LogP contribution in [0, 0.1) is 5.82 Å². The number of hydrogen-bond acceptors (Lipinski definition) is 5. The van der Waals surface area contributed by atoms with Gasteiger partial charge in [0, 0.05) is 23.1 Å². The van der Waals surface area contributed by atoms with Gasteiger partial charge in [0.15, 0.2) is 5.65 Å². The Morgan fingerprint density at radius 2 is 2.09 bits per heavy atom. The lowest BCUT2D eigenvalue weighted by Gasteiger charge is -2.21. The minimum atomic E-state index is -3.13. The van der Waals surface area contributed by atoms with Crippen molar-refractivity contribution in [2.75, 3.05) is 13.2 Å². The molecule has 0 aliphatic carbocycles. The average Bonchev–Trinajstić information content (AvgIpc) is 3.37. The topological polar surface area (TPSA) is 77.8 Å². The summed E-state index contributed by atoms with van der Waals surface area (Å²) in [4.78, 5) is 17.0. The van der Waals surface area contributed by atoms with Crippen LogP contribution in [0.3, 0.4) is 0 Å². The smallest absolute Gasteiger partial charge is 0.266 e. The maximum Gasteiger partial charge on any atom is 0.266 e. The summed E-state index contributed by atoms with van der Waals surface area (Å²) >= 11 is 6.25. The minimum Gasteiger partial charge on any atom is -0.471 e. The predicted molar refractivity (Wildman–Crippen MR) is 124 cm³/mol. The van der Waals surface area contributed by atoms with E-state index in [2.05, 4.69) is 15.4 Å². The molecule has 3 heterocycles. The van der Waals surface area contributed by atoms with E-state index in [9.17, 15) is 13.6 Å². The summed E-state index contributed by atoms with van der Waals surface area (Å²) in [5.41, 5.74) is -0.972. The van der Waals surface area contributed by atoms with Crippen molar-refractivity contribution in [3.05, 3.63) is 46.5 Å². The van der Waals surface area contributed by atoms with Gasteiger partial charge in [-0.3, -0.25) is 4.79 Å². The lowest BCUT2D eigenvalue weighted by Crippen LogP contribution is -2.50. The van der Waals surface area contributed by atoms with Crippen LogP contribution >= 0.6 is 11.6 Å². The first-order valence-corrected chi connectivity index (χ1v) is 10.6. The lowest BCUT2D eigenvalue weighted by atomic mass is 9.49. The molecule has 1 aromatic carbocycles. The van der Waals surface area contributed by atoms with Crippen molar-refractivity contribution in [3.8, 4) is 17.0 Å². The van der Waals surface area contributed by atoms with E-state index in [1.807, 2.05) is 0 Å². The van der Waals surface area contributed by atoms with Crippen molar-refractivity contribution in [2.45, 2.75) is 24.2 Å². The van der Waals surface area contributed by atoms with Gasteiger partial charge in [0.1, 0.15) is 40.5 Å². The second kappa shape index (κ2) is 8.94. The predicted octanol–water partition coefficient (Wildman–Crippen LogP) is 0.534. The zero-order chi connectivity index (χ0) is 23.9. The van der Waals surface area contributed by atoms with Crippen molar-refractivity contribution in [1.82, 2.24) is 19.9 Å². The van der Waals surface area contributed by atoms with E-state index in [1.165, 1.54) is 23.0 Å². The molecule has 1 atom stereocenters. The molecule has 33 heavy (non-hydrogen) atoms. The number of nitrogens with zero attached hydrogens (tertiary/aromatic N) is 3. The van der Waals surface area contributed by atoms with Gasteiger partial charge in [-0.1, -0.05) is 11.6 Å². The SMILES string of the molecule is BC(B)(B)NC(=O)c1cc(-c2cnn3cc(Cl)c(O[C@H]4CCOC4)nc23)c(F)c(C(F)F)c1. The molecule has 0 unspecified atom stereocenters. The summed E-state index contributed by atoms with van der Waals surface area (Å²) in [6.45, 7) is 0.931. The number of hydrogen-bond donors (Lipinski definition) is 1. The van der Waals surface area contributed by atoms with Crippen LogP contribution < -0.4 is 10.1 Å². The largest absolute Gasteiger partial charge is 0.471 e. The Labute approximate surface area is 195 Å². The molecule has 0 bridgehead atoms. The fraction of sp³-hybridized carbons (Fsp3) is 0.316. The summed E-state index contributed by atoms with van der Waals surface area (Å²) in [6, 6.07) is 2.07. The number of benzene rings is 1. The molecular weight excluding hydrogens is 457 g/mol. The standard InChI is InChI=1S/C19H19B3ClF3N4O3/c20-19(21,22)29-17(31)8-3-10(14(24)11(4-8)15(25)26)12-5-27-30-6-13(23)18(28-16(12)30)33-9-1-2-32-7-9/h3-6,9,15H,1-2,7,20-22H2,(H,29,31)/t9-/m0/s1. The molecular formula is C19H19B3ClF3N4O3. The molecule has 3 aromatic rings. The third-order valence-electron chi connectivity index (χ3n) is 4.96. The Balaban J connectivity index is 1.83. The second-order valence-electron chi connectivity index (χ2n) is 8.76. The van der Waals surface area contributed by atoms with Gasteiger partial charge < -0.3 is 14.8 Å². The quantitative estimate of drug-likeness (QED) is 0.526. The normalized spacial score (nSPS) is 16.5. The van der Waals surface area contributed by atoms with Gasteiger partial charge >= 0.3 is 0 Å². The van der Waals surface area contributed by atoms with Gasteiger partial charge in [-0.15, -0.1) is 0 Å². The number of rotatable bonds is 6. The van der Waals surface area contributed by atoms with Crippen LogP contribution in [0.4, 0.5) is 13.2 Å². The summed E-state index contributed by atoms with van der Waals surface area (Å²) in [5.74, 6) is -1.67. The zero-order valence-electron chi connectivity index (χ0n) is 18.2. The molecule has 1 saturated heterocycles. The number of amides is 1. The van der Waals surface area contributed by atoms with Crippen molar-refractivity contribution in [1.29, 1.82) is 0 Å². The Morgan fingerprint density at radius 3 is 2.73 bits per heavy atom. The number of alkyl halides is 2. The van der Waals surface area contributed by atoms with Gasteiger partial charge in [-0.2, -0.15) is 10.1 Å². The van der Waals surface area contributed by atoms with E-state index in [0.29, 0.717) is 19.6 Å². The van der Waals surface area contributed by atoms with Crippen LogP contribution in [0.15, 0.2) is 24.5 Å². The van der Waals surface area contributed by atoms with Gasteiger partial charge in [0.25, 0.3) is 6.43 Å². The number of aromatic nitrogens is 3. The number of ether oxygens (including phenoxy) is 2. The molecule has 0 saturated carbocycles. The molecule has 7 nitrogen and oxygen atoms in total. The Kier molecular flexibility index (Phi) is 6.37. The van der Waals surface area contributed by atoms with Crippen LogP contribution in [0.25, 0.3) is 16.8 Å². The van der Waals surface area contributed by atoms with E-state index in [4.69, 9.17) is 21.1 Å². The summed E-state index contributed by atoms with van der Waals surface area (Å²) in [6.07, 6.45) is 0.0000529. The highest BCUT2D eigenvalue weighted by atomic mass is 35.5. The van der Waals surface area contributed by atoms with E-state index in [-0.39, 0.29) is 39.3 Å². The molecule has 2 aromatic heterocycles. The van der Waals surface area contributed by atoms with Crippen LogP contribution in [-0.2, 0) is 4.74 Å². The van der Waals surface area contributed by atoms with Crippen LogP contribution in [-0.4, -0.2) is 68.6 Å². The Bertz CT molecular complexity index is 1220. The van der Waals surface area contributed by atoms with Crippen molar-refractivity contribution in [3.63, 3.8) is 0 Å². The minimum absolute atomic E-state index is 0.0949. The van der Waals surface area contributed by atoms with Crippen LogP contribution in [0.2, 0.25) is 5.02 Å². The van der Waals surface area contributed by atoms with Crippen LogP contribution in [0.1, 0.15) is 28.8 Å². The van der Waals surface area contributed by atoms with Gasteiger partial charge in [0.05, 0.1) is 31.2 Å². The van der Waals surface area contributed by atoms with Gasteiger partial charge in [0.2, 0.25) is 11.8 Å². The molecule has 1 amide bonds.